The summed E-state index contributed by atoms with van der Waals surface area (Å²) < 4.78 is 0. The summed E-state index contributed by atoms with van der Waals surface area (Å²) in [5.41, 5.74) is 0. The van der Waals surface area contributed by atoms with Gasteiger partial charge in [0, 0.05) is 11.0 Å². The van der Waals surface area contributed by atoms with Gasteiger partial charge in [-0.3, -0.25) is 0 Å². The maximum absolute atomic E-state index is 3.89. The first kappa shape index (κ1) is 13.7. The zero-order valence-corrected chi connectivity index (χ0v) is 10.7. The Morgan fingerprint density at radius 1 is 1.15 bits per heavy atom. The fraction of sp³-hybridized carbons (Fsp3) is 0.909. The summed E-state index contributed by atoms with van der Waals surface area (Å²) in [4.78, 5) is 0. The van der Waals surface area contributed by atoms with Crippen LogP contribution in [0, 0.1) is 6.92 Å². The molecule has 0 heterocycles. The van der Waals surface area contributed by atoms with Crippen molar-refractivity contribution in [2.75, 3.05) is 17.3 Å². The fourth-order valence-electron chi connectivity index (χ4n) is 1.15. The van der Waals surface area contributed by atoms with E-state index >= 15 is 0 Å². The van der Waals surface area contributed by atoms with E-state index in [1.54, 1.807) is 0 Å². The van der Waals surface area contributed by atoms with Crippen molar-refractivity contribution in [2.24, 2.45) is 0 Å². The van der Waals surface area contributed by atoms with Crippen LogP contribution in [-0.4, -0.2) is 22.5 Å². The average molecular weight is 219 g/mol. The van der Waals surface area contributed by atoms with Gasteiger partial charge in [-0.2, -0.15) is 23.5 Å². The van der Waals surface area contributed by atoms with Crippen LogP contribution in [0.15, 0.2) is 0 Å². The molecule has 0 aromatic heterocycles. The van der Waals surface area contributed by atoms with Gasteiger partial charge < -0.3 is 0 Å². The summed E-state index contributed by atoms with van der Waals surface area (Å²) in [6.07, 6.45) is 5.08. The van der Waals surface area contributed by atoms with Gasteiger partial charge in [-0.15, -0.1) is 0 Å². The zero-order chi connectivity index (χ0) is 9.94. The van der Waals surface area contributed by atoms with E-state index in [0.29, 0.717) is 0 Å². The maximum atomic E-state index is 3.89. The molecule has 2 heteroatoms. The Labute approximate surface area is 92.6 Å². The van der Waals surface area contributed by atoms with E-state index in [9.17, 15) is 0 Å². The Balaban J connectivity index is 3.41. The number of hydrogen-bond donors (Lipinski definition) is 0. The minimum absolute atomic E-state index is 0.878. The number of hydrogen-bond acceptors (Lipinski definition) is 2. The van der Waals surface area contributed by atoms with Crippen molar-refractivity contribution in [1.82, 2.24) is 0 Å². The SMILES string of the molecule is [CH2]CCSC(CCC)CSCCC. The van der Waals surface area contributed by atoms with Crippen LogP contribution in [0.2, 0.25) is 0 Å². The molecule has 0 bridgehead atoms. The van der Waals surface area contributed by atoms with Crippen molar-refractivity contribution in [3.63, 3.8) is 0 Å². The Morgan fingerprint density at radius 2 is 1.92 bits per heavy atom. The summed E-state index contributed by atoms with van der Waals surface area (Å²) in [6.45, 7) is 8.42. The Morgan fingerprint density at radius 3 is 2.46 bits per heavy atom. The van der Waals surface area contributed by atoms with Crippen LogP contribution in [0.3, 0.4) is 0 Å². The van der Waals surface area contributed by atoms with E-state index in [-0.39, 0.29) is 0 Å². The first-order valence-electron chi connectivity index (χ1n) is 5.33. The summed E-state index contributed by atoms with van der Waals surface area (Å²) >= 11 is 4.22. The first-order valence-corrected chi connectivity index (χ1v) is 7.54. The summed E-state index contributed by atoms with van der Waals surface area (Å²) in [7, 11) is 0. The topological polar surface area (TPSA) is 0 Å². The third-order valence-corrected chi connectivity index (χ3v) is 4.70. The predicted molar refractivity (Wildman–Crippen MR) is 68.7 cm³/mol. The molecule has 0 rings (SSSR count). The minimum Gasteiger partial charge on any atom is -0.161 e. The molecule has 79 valence electrons. The molecule has 0 saturated carbocycles. The standard InChI is InChI=1S/C11H23S2/c1-4-7-11(13-9-6-3)10-12-8-5-2/h11H,3-10H2,1-2H3. The van der Waals surface area contributed by atoms with Gasteiger partial charge in [-0.25, -0.2) is 0 Å². The monoisotopic (exact) mass is 219 g/mol. The van der Waals surface area contributed by atoms with E-state index in [1.165, 1.54) is 36.5 Å². The van der Waals surface area contributed by atoms with Gasteiger partial charge in [0.2, 0.25) is 0 Å². The zero-order valence-electron chi connectivity index (χ0n) is 9.05. The third kappa shape index (κ3) is 9.01. The van der Waals surface area contributed by atoms with Crippen LogP contribution in [-0.2, 0) is 0 Å². The molecule has 0 aliphatic heterocycles. The second-order valence-corrected chi connectivity index (χ2v) is 5.77. The van der Waals surface area contributed by atoms with E-state index in [0.717, 1.165) is 11.7 Å². The van der Waals surface area contributed by atoms with E-state index in [4.69, 9.17) is 0 Å². The van der Waals surface area contributed by atoms with Crippen molar-refractivity contribution >= 4 is 23.5 Å². The highest BCUT2D eigenvalue weighted by Crippen LogP contribution is 2.21. The van der Waals surface area contributed by atoms with E-state index in [2.05, 4.69) is 44.3 Å². The highest BCUT2D eigenvalue weighted by atomic mass is 32.2. The van der Waals surface area contributed by atoms with Crippen LogP contribution >= 0.6 is 23.5 Å². The van der Waals surface area contributed by atoms with Gasteiger partial charge in [0.05, 0.1) is 0 Å². The molecule has 0 nitrogen and oxygen atoms in total. The third-order valence-electron chi connectivity index (χ3n) is 1.76. The molecule has 0 amide bonds. The molecular weight excluding hydrogens is 196 g/mol. The molecule has 0 aliphatic rings. The Hall–Kier alpha value is 0.700. The van der Waals surface area contributed by atoms with Crippen LogP contribution < -0.4 is 0 Å². The second kappa shape index (κ2) is 10.8. The van der Waals surface area contributed by atoms with Crippen molar-refractivity contribution in [3.05, 3.63) is 6.92 Å². The smallest absolute Gasteiger partial charge is 0.0138 e. The average Bonchev–Trinajstić information content (AvgIpc) is 2.14. The lowest BCUT2D eigenvalue weighted by molar-refractivity contribution is 0.792. The largest absolute Gasteiger partial charge is 0.161 e. The normalized spacial score (nSPS) is 13.2. The van der Waals surface area contributed by atoms with Crippen LogP contribution in [0.1, 0.15) is 39.5 Å². The minimum atomic E-state index is 0.878. The van der Waals surface area contributed by atoms with Gasteiger partial charge in [0.1, 0.15) is 0 Å². The molecule has 1 radical (unpaired) electrons. The molecule has 1 atom stereocenters. The first-order chi connectivity index (χ1) is 6.35. The van der Waals surface area contributed by atoms with Crippen LogP contribution in [0.4, 0.5) is 0 Å². The second-order valence-electron chi connectivity index (χ2n) is 3.21. The molecule has 0 fully saturated rings. The van der Waals surface area contributed by atoms with Gasteiger partial charge in [-0.05, 0) is 30.8 Å². The predicted octanol–water partition coefficient (Wildman–Crippen LogP) is 4.26. The molecule has 0 aromatic carbocycles. The Kier molecular flexibility index (Phi) is 11.4. The highest BCUT2D eigenvalue weighted by Gasteiger charge is 2.06. The van der Waals surface area contributed by atoms with Crippen molar-refractivity contribution in [1.29, 1.82) is 0 Å². The highest BCUT2D eigenvalue weighted by molar-refractivity contribution is 8.03. The molecule has 0 aliphatic carbocycles. The van der Waals surface area contributed by atoms with Crippen molar-refractivity contribution in [2.45, 2.75) is 44.8 Å². The molecule has 0 aromatic rings. The molecule has 0 saturated heterocycles. The van der Waals surface area contributed by atoms with Gasteiger partial charge in [-0.1, -0.05) is 27.2 Å². The van der Waals surface area contributed by atoms with Gasteiger partial charge in [0.25, 0.3) is 0 Å². The van der Waals surface area contributed by atoms with Gasteiger partial charge >= 0.3 is 0 Å². The van der Waals surface area contributed by atoms with E-state index in [1.807, 2.05) is 0 Å². The molecule has 13 heavy (non-hydrogen) atoms. The summed E-state index contributed by atoms with van der Waals surface area (Å²) in [5, 5.41) is 0.878. The molecule has 1 unspecified atom stereocenters. The van der Waals surface area contributed by atoms with Crippen molar-refractivity contribution < 1.29 is 0 Å². The van der Waals surface area contributed by atoms with Gasteiger partial charge in [0.15, 0.2) is 0 Å². The summed E-state index contributed by atoms with van der Waals surface area (Å²) in [5.74, 6) is 3.90. The fourth-order valence-corrected chi connectivity index (χ4v) is 3.61. The summed E-state index contributed by atoms with van der Waals surface area (Å²) in [6, 6.07) is 0. The quantitative estimate of drug-likeness (QED) is 0.532. The lowest BCUT2D eigenvalue weighted by Crippen LogP contribution is -2.07. The molecule has 0 N–H and O–H groups in total. The van der Waals surface area contributed by atoms with Crippen LogP contribution in [0.5, 0.6) is 0 Å². The Bertz CT molecular complexity index is 94.1. The molecular formula is C11H23S2. The lowest BCUT2D eigenvalue weighted by atomic mass is 10.3. The number of rotatable bonds is 9. The maximum Gasteiger partial charge on any atom is 0.0138 e. The lowest BCUT2D eigenvalue weighted by Gasteiger charge is -2.14. The van der Waals surface area contributed by atoms with Crippen LogP contribution in [0.25, 0.3) is 0 Å². The molecule has 0 spiro atoms. The van der Waals surface area contributed by atoms with Crippen molar-refractivity contribution in [3.8, 4) is 0 Å². The van der Waals surface area contributed by atoms with E-state index < -0.39 is 0 Å². The number of thioether (sulfide) groups is 2.